The van der Waals surface area contributed by atoms with Crippen molar-refractivity contribution < 1.29 is 105 Å². The van der Waals surface area contributed by atoms with Crippen molar-refractivity contribution in [3.05, 3.63) is 0 Å². The van der Waals surface area contributed by atoms with Crippen molar-refractivity contribution in [3.8, 4) is 0 Å². The van der Waals surface area contributed by atoms with Crippen LogP contribution in [0.4, 0.5) is 105 Å². The molecule has 0 aliphatic heterocycles. The molecule has 0 aromatic carbocycles. The fourth-order valence-electron chi connectivity index (χ4n) is 5.11. The molecular formula is C12F24. The van der Waals surface area contributed by atoms with Gasteiger partial charge in [0.15, 0.2) is 0 Å². The van der Waals surface area contributed by atoms with E-state index in [0.29, 0.717) is 0 Å². The topological polar surface area (TPSA) is 0 Å². The Morgan fingerprint density at radius 1 is 0.167 bits per heavy atom. The van der Waals surface area contributed by atoms with Gasteiger partial charge in [-0.2, -0.15) is 105 Å². The molecule has 0 spiro atoms. The van der Waals surface area contributed by atoms with E-state index in [2.05, 4.69) is 0 Å². The number of hydrogen-bond acceptors (Lipinski definition) is 0. The molecule has 0 heterocycles. The van der Waals surface area contributed by atoms with Gasteiger partial charge in [0.25, 0.3) is 0 Å². The predicted molar refractivity (Wildman–Crippen MR) is 58.2 cm³/mol. The van der Waals surface area contributed by atoms with Gasteiger partial charge >= 0.3 is 49.4 Å². The first kappa shape index (κ1) is 32.3. The molecule has 1 aliphatic carbocycles. The fraction of sp³-hybridized carbons (Fsp3) is 1.00. The van der Waals surface area contributed by atoms with Crippen LogP contribution in [0.15, 0.2) is 0 Å². The lowest BCUT2D eigenvalue weighted by Gasteiger charge is -2.77. The summed E-state index contributed by atoms with van der Waals surface area (Å²) in [6.45, 7) is 0. The maximum absolute atomic E-state index is 13.4. The molecule has 216 valence electrons. The van der Waals surface area contributed by atoms with E-state index in [1.54, 1.807) is 0 Å². The van der Waals surface area contributed by atoms with Gasteiger partial charge < -0.3 is 0 Å². The minimum absolute atomic E-state index is 9.44. The Labute approximate surface area is 178 Å². The zero-order valence-electron chi connectivity index (χ0n) is 15.1. The Balaban J connectivity index is 5.33. The molecule has 1 saturated carbocycles. The van der Waals surface area contributed by atoms with Crippen molar-refractivity contribution >= 4 is 0 Å². The molecule has 0 amide bonds. The number of halogens is 24. The molecule has 36 heavy (non-hydrogen) atoms. The average molecular weight is 600 g/mol. The average Bonchev–Trinajstić information content (AvgIpc) is 2.32. The third-order valence-electron chi connectivity index (χ3n) is 5.65. The zero-order valence-corrected chi connectivity index (χ0v) is 15.1. The minimum Gasteiger partial charge on any atom is -0.170 e. The molecule has 0 saturated heterocycles. The van der Waals surface area contributed by atoms with Crippen LogP contribution < -0.4 is 0 Å². The number of alkyl halides is 24. The standard InChI is InChI=1S/C12F24/c13-5(14,15)1(6(16,17)18)2(7(19,20)21,8(22,23)24)4(11(31,32)33,12(34,35)36)3(1,9(25,26)27)10(28,29)30. The van der Waals surface area contributed by atoms with Crippen LogP contribution >= 0.6 is 0 Å². The molecule has 0 aromatic rings. The normalized spacial score (nSPS) is 23.3. The van der Waals surface area contributed by atoms with Crippen molar-refractivity contribution in [2.45, 2.75) is 49.4 Å². The van der Waals surface area contributed by atoms with E-state index >= 15 is 0 Å². The quantitative estimate of drug-likeness (QED) is 0.245. The van der Waals surface area contributed by atoms with Crippen LogP contribution in [0.2, 0.25) is 0 Å². The van der Waals surface area contributed by atoms with Gasteiger partial charge in [0.05, 0.1) is 0 Å². The molecule has 24 heteroatoms. The van der Waals surface area contributed by atoms with Crippen molar-refractivity contribution in [3.63, 3.8) is 0 Å². The Morgan fingerprint density at radius 3 is 0.250 bits per heavy atom. The summed E-state index contributed by atoms with van der Waals surface area (Å²) < 4.78 is 322. The van der Waals surface area contributed by atoms with Gasteiger partial charge in [-0.05, 0) is 0 Å². The van der Waals surface area contributed by atoms with E-state index in [1.165, 1.54) is 0 Å². The summed E-state index contributed by atoms with van der Waals surface area (Å²) in [7, 11) is 0. The van der Waals surface area contributed by atoms with E-state index in [1.807, 2.05) is 0 Å². The summed E-state index contributed by atoms with van der Waals surface area (Å²) >= 11 is 0. The highest BCUT2D eigenvalue weighted by molar-refractivity contribution is 5.44. The van der Waals surface area contributed by atoms with Crippen molar-refractivity contribution in [1.82, 2.24) is 0 Å². The van der Waals surface area contributed by atoms with Crippen LogP contribution in [-0.2, 0) is 0 Å². The van der Waals surface area contributed by atoms with E-state index in [-0.39, 0.29) is 0 Å². The van der Waals surface area contributed by atoms with Crippen LogP contribution in [0.1, 0.15) is 0 Å². The van der Waals surface area contributed by atoms with Gasteiger partial charge in [-0.15, -0.1) is 0 Å². The van der Waals surface area contributed by atoms with Gasteiger partial charge in [0.1, 0.15) is 0 Å². The highest BCUT2D eigenvalue weighted by Crippen LogP contribution is 3.01. The van der Waals surface area contributed by atoms with E-state index in [0.717, 1.165) is 0 Å². The Bertz CT molecular complexity index is 621. The number of hydrogen-bond donors (Lipinski definition) is 0. The molecule has 1 rings (SSSR count). The van der Waals surface area contributed by atoms with Crippen molar-refractivity contribution in [2.24, 2.45) is 21.7 Å². The molecular weight excluding hydrogens is 600 g/mol. The highest BCUT2D eigenvalue weighted by atomic mass is 19.5. The largest absolute Gasteiger partial charge is 0.405 e. The molecule has 0 bridgehead atoms. The third kappa shape index (κ3) is 2.80. The van der Waals surface area contributed by atoms with E-state index in [9.17, 15) is 105 Å². The van der Waals surface area contributed by atoms with Crippen LogP contribution in [0.5, 0.6) is 0 Å². The monoisotopic (exact) mass is 600 g/mol. The summed E-state index contributed by atoms with van der Waals surface area (Å²) in [4.78, 5) is 0. The maximum atomic E-state index is 13.4. The summed E-state index contributed by atoms with van der Waals surface area (Å²) in [5, 5.41) is 0. The number of rotatable bonds is 0. The van der Waals surface area contributed by atoms with E-state index in [4.69, 9.17) is 0 Å². The molecule has 0 atom stereocenters. The summed E-state index contributed by atoms with van der Waals surface area (Å²) in [6, 6.07) is 0. The predicted octanol–water partition coefficient (Wildman–Crippen LogP) is 8.44. The van der Waals surface area contributed by atoms with Crippen LogP contribution in [0.25, 0.3) is 0 Å². The molecule has 1 fully saturated rings. The first-order valence-electron chi connectivity index (χ1n) is 7.54. The molecule has 0 nitrogen and oxygen atoms in total. The molecule has 0 aromatic heterocycles. The fourth-order valence-corrected chi connectivity index (χ4v) is 5.11. The smallest absolute Gasteiger partial charge is 0.170 e. The van der Waals surface area contributed by atoms with Gasteiger partial charge in [-0.25, -0.2) is 0 Å². The first-order chi connectivity index (χ1) is 15.0. The third-order valence-corrected chi connectivity index (χ3v) is 5.65. The van der Waals surface area contributed by atoms with Crippen LogP contribution in [0, 0.1) is 21.7 Å². The molecule has 0 unspecified atom stereocenters. The minimum atomic E-state index is -9.93. The van der Waals surface area contributed by atoms with Gasteiger partial charge in [-0.3, -0.25) is 0 Å². The lowest BCUT2D eigenvalue weighted by atomic mass is 9.21. The summed E-state index contributed by atoms with van der Waals surface area (Å²) in [5.74, 6) is 0. The van der Waals surface area contributed by atoms with Gasteiger partial charge in [0, 0.05) is 0 Å². The van der Waals surface area contributed by atoms with Gasteiger partial charge in [-0.1, -0.05) is 0 Å². The lowest BCUT2D eigenvalue weighted by molar-refractivity contribution is -0.696. The van der Waals surface area contributed by atoms with Gasteiger partial charge in [0.2, 0.25) is 21.7 Å². The second-order valence-electron chi connectivity index (χ2n) is 6.98. The van der Waals surface area contributed by atoms with Crippen LogP contribution in [-0.4, -0.2) is 49.4 Å². The molecule has 0 radical (unpaired) electrons. The van der Waals surface area contributed by atoms with E-state index < -0.39 is 71.1 Å². The van der Waals surface area contributed by atoms with Crippen molar-refractivity contribution in [1.29, 1.82) is 0 Å². The second-order valence-corrected chi connectivity index (χ2v) is 6.98. The Hall–Kier alpha value is -1.68. The first-order valence-corrected chi connectivity index (χ1v) is 7.54. The van der Waals surface area contributed by atoms with Crippen LogP contribution in [0.3, 0.4) is 0 Å². The second kappa shape index (κ2) is 7.04. The highest BCUT2D eigenvalue weighted by Gasteiger charge is 3.25. The Kier molecular flexibility index (Phi) is 6.32. The SMILES string of the molecule is FC(F)(F)C1(C(F)(F)F)C(C(F)(F)F)(C(F)(F)F)C(C(F)(F)F)(C(F)(F)F)C1(C(F)(F)F)C(F)(F)F. The molecule has 1 aliphatic rings. The van der Waals surface area contributed by atoms with Crippen molar-refractivity contribution in [2.75, 3.05) is 0 Å². The summed E-state index contributed by atoms with van der Waals surface area (Å²) in [5.41, 5.74) is -39.7. The Morgan fingerprint density at radius 2 is 0.222 bits per heavy atom. The lowest BCUT2D eigenvalue weighted by Crippen LogP contribution is -3.02. The molecule has 0 N–H and O–H groups in total. The maximum Gasteiger partial charge on any atom is 0.405 e. The zero-order chi connectivity index (χ0) is 30.0. The summed E-state index contributed by atoms with van der Waals surface area (Å²) in [6.07, 6.45) is -75.5.